The van der Waals surface area contributed by atoms with Gasteiger partial charge in [0.1, 0.15) is 0 Å². The van der Waals surface area contributed by atoms with E-state index in [1.807, 2.05) is 12.1 Å². The van der Waals surface area contributed by atoms with Gasteiger partial charge in [-0.25, -0.2) is 0 Å². The first-order valence-corrected chi connectivity index (χ1v) is 5.29. The molecule has 0 radical (unpaired) electrons. The van der Waals surface area contributed by atoms with Crippen molar-refractivity contribution < 1.29 is 0 Å². The van der Waals surface area contributed by atoms with Crippen molar-refractivity contribution in [3.05, 3.63) is 34.9 Å². The van der Waals surface area contributed by atoms with E-state index in [2.05, 4.69) is 37.4 Å². The summed E-state index contributed by atoms with van der Waals surface area (Å²) in [4.78, 5) is 0. The van der Waals surface area contributed by atoms with Crippen LogP contribution in [0, 0.1) is 5.92 Å². The highest BCUT2D eigenvalue weighted by atomic mass is 35.5. The van der Waals surface area contributed by atoms with Crippen molar-refractivity contribution in [2.75, 3.05) is 5.32 Å². The molecule has 1 aromatic rings. The monoisotopic (exact) mass is 207 g/mol. The second-order valence-corrected chi connectivity index (χ2v) is 4.26. The minimum atomic E-state index is 0.424. The molecule has 2 heteroatoms. The zero-order valence-corrected chi connectivity index (χ0v) is 9.18. The van der Waals surface area contributed by atoms with Crippen LogP contribution in [0.5, 0.6) is 0 Å². The summed E-state index contributed by atoms with van der Waals surface area (Å²) in [5, 5.41) is 4.25. The second-order valence-electron chi connectivity index (χ2n) is 3.86. The van der Waals surface area contributed by atoms with E-state index in [9.17, 15) is 0 Å². The van der Waals surface area contributed by atoms with E-state index in [0.29, 0.717) is 12.0 Å². The number of fused-ring (bicyclic) bond motifs is 1. The molecule has 0 unspecified atom stereocenters. The van der Waals surface area contributed by atoms with Gasteiger partial charge in [-0.3, -0.25) is 0 Å². The summed E-state index contributed by atoms with van der Waals surface area (Å²) in [7, 11) is 0. The van der Waals surface area contributed by atoms with Gasteiger partial charge in [0.15, 0.2) is 0 Å². The lowest BCUT2D eigenvalue weighted by Gasteiger charge is -2.18. The van der Waals surface area contributed by atoms with Crippen LogP contribution in [-0.4, -0.2) is 6.04 Å². The van der Waals surface area contributed by atoms with Crippen LogP contribution < -0.4 is 5.32 Å². The van der Waals surface area contributed by atoms with Crippen LogP contribution in [0.25, 0.3) is 6.08 Å². The average molecular weight is 208 g/mol. The maximum absolute atomic E-state index is 6.13. The molecule has 0 fully saturated rings. The highest BCUT2D eigenvalue weighted by Crippen LogP contribution is 2.31. The summed E-state index contributed by atoms with van der Waals surface area (Å²) in [6.07, 6.45) is 4.36. The van der Waals surface area contributed by atoms with Crippen molar-refractivity contribution in [2.24, 2.45) is 5.92 Å². The predicted octanol–water partition coefficient (Wildman–Crippen LogP) is 3.80. The molecule has 74 valence electrons. The molecule has 0 aliphatic carbocycles. The Hall–Kier alpha value is -0.950. The number of para-hydroxylation sites is 1. The molecule has 1 aliphatic rings. The van der Waals surface area contributed by atoms with Gasteiger partial charge in [-0.1, -0.05) is 42.8 Å². The molecule has 1 aliphatic heterocycles. The standard InChI is InChI=1S/C12H14ClN/c1-8-6-7-10-4-3-5-11(13)12(10)14-9(8)2/h3-9,14H,1-2H3/t8-,9-/m1/s1. The van der Waals surface area contributed by atoms with E-state index < -0.39 is 0 Å². The first-order valence-electron chi connectivity index (χ1n) is 4.92. The Morgan fingerprint density at radius 3 is 2.86 bits per heavy atom. The molecular weight excluding hydrogens is 194 g/mol. The minimum Gasteiger partial charge on any atom is -0.380 e. The number of nitrogens with one attached hydrogen (secondary N) is 1. The Bertz CT molecular complexity index is 371. The normalized spacial score (nSPS) is 25.1. The number of rotatable bonds is 0. The first kappa shape index (κ1) is 9.60. The third-order valence-electron chi connectivity index (χ3n) is 2.79. The van der Waals surface area contributed by atoms with Crippen molar-refractivity contribution >= 4 is 23.4 Å². The molecule has 14 heavy (non-hydrogen) atoms. The summed E-state index contributed by atoms with van der Waals surface area (Å²) >= 11 is 6.13. The molecular formula is C12H14ClN. The average Bonchev–Trinajstić information content (AvgIpc) is 2.30. The van der Waals surface area contributed by atoms with Gasteiger partial charge in [0.05, 0.1) is 10.7 Å². The van der Waals surface area contributed by atoms with Gasteiger partial charge in [-0.15, -0.1) is 0 Å². The van der Waals surface area contributed by atoms with Crippen LogP contribution in [-0.2, 0) is 0 Å². The van der Waals surface area contributed by atoms with Crippen molar-refractivity contribution in [1.29, 1.82) is 0 Å². The minimum absolute atomic E-state index is 0.424. The molecule has 0 saturated carbocycles. The van der Waals surface area contributed by atoms with E-state index in [-0.39, 0.29) is 0 Å². The molecule has 0 spiro atoms. The lowest BCUT2D eigenvalue weighted by atomic mass is 10.0. The van der Waals surface area contributed by atoms with E-state index >= 15 is 0 Å². The zero-order chi connectivity index (χ0) is 10.1. The molecule has 1 nitrogen and oxygen atoms in total. The molecule has 1 heterocycles. The van der Waals surface area contributed by atoms with Crippen molar-refractivity contribution in [2.45, 2.75) is 19.9 Å². The van der Waals surface area contributed by atoms with Gasteiger partial charge in [0, 0.05) is 6.04 Å². The summed E-state index contributed by atoms with van der Waals surface area (Å²) in [6, 6.07) is 6.40. The van der Waals surface area contributed by atoms with Gasteiger partial charge < -0.3 is 5.32 Å². The SMILES string of the molecule is C[C@@H]1C=Cc2cccc(Cl)c2N[C@@H]1C. The second kappa shape index (κ2) is 3.66. The van der Waals surface area contributed by atoms with Crippen LogP contribution in [0.4, 0.5) is 5.69 Å². The highest BCUT2D eigenvalue weighted by molar-refractivity contribution is 6.33. The van der Waals surface area contributed by atoms with Gasteiger partial charge in [0.25, 0.3) is 0 Å². The quantitative estimate of drug-likeness (QED) is 0.683. The fourth-order valence-electron chi connectivity index (χ4n) is 1.61. The number of anilines is 1. The molecule has 0 bridgehead atoms. The number of benzene rings is 1. The maximum atomic E-state index is 6.13. The third-order valence-corrected chi connectivity index (χ3v) is 3.10. The molecule has 1 N–H and O–H groups in total. The summed E-state index contributed by atoms with van der Waals surface area (Å²) < 4.78 is 0. The van der Waals surface area contributed by atoms with Crippen LogP contribution in [0.3, 0.4) is 0 Å². The predicted molar refractivity (Wildman–Crippen MR) is 62.7 cm³/mol. The van der Waals surface area contributed by atoms with Gasteiger partial charge in [-0.2, -0.15) is 0 Å². The van der Waals surface area contributed by atoms with E-state index in [1.165, 1.54) is 5.56 Å². The number of halogens is 1. The first-order chi connectivity index (χ1) is 6.68. The van der Waals surface area contributed by atoms with Crippen LogP contribution in [0.15, 0.2) is 24.3 Å². The Morgan fingerprint density at radius 2 is 2.07 bits per heavy atom. The largest absolute Gasteiger partial charge is 0.380 e. The van der Waals surface area contributed by atoms with Crippen LogP contribution in [0.1, 0.15) is 19.4 Å². The van der Waals surface area contributed by atoms with E-state index in [0.717, 1.165) is 10.7 Å². The summed E-state index contributed by atoms with van der Waals surface area (Å²) in [5.74, 6) is 0.526. The van der Waals surface area contributed by atoms with E-state index in [1.54, 1.807) is 0 Å². The highest BCUT2D eigenvalue weighted by Gasteiger charge is 2.15. The topological polar surface area (TPSA) is 12.0 Å². The fourth-order valence-corrected chi connectivity index (χ4v) is 1.85. The number of hydrogen-bond donors (Lipinski definition) is 1. The lowest BCUT2D eigenvalue weighted by molar-refractivity contribution is 0.623. The molecule has 1 aromatic carbocycles. The smallest absolute Gasteiger partial charge is 0.0643 e. The Morgan fingerprint density at radius 1 is 1.29 bits per heavy atom. The van der Waals surface area contributed by atoms with Gasteiger partial charge >= 0.3 is 0 Å². The molecule has 0 aromatic heterocycles. The zero-order valence-electron chi connectivity index (χ0n) is 8.42. The third kappa shape index (κ3) is 1.64. The molecule has 0 amide bonds. The lowest BCUT2D eigenvalue weighted by Crippen LogP contribution is -2.21. The van der Waals surface area contributed by atoms with Crippen LogP contribution >= 0.6 is 11.6 Å². The van der Waals surface area contributed by atoms with Gasteiger partial charge in [0.2, 0.25) is 0 Å². The number of hydrogen-bond acceptors (Lipinski definition) is 1. The summed E-state index contributed by atoms with van der Waals surface area (Å²) in [6.45, 7) is 4.38. The Kier molecular flexibility index (Phi) is 2.51. The maximum Gasteiger partial charge on any atom is 0.0643 e. The Balaban J connectivity index is 2.48. The van der Waals surface area contributed by atoms with Crippen LogP contribution in [0.2, 0.25) is 5.02 Å². The van der Waals surface area contributed by atoms with Gasteiger partial charge in [-0.05, 0) is 24.5 Å². The van der Waals surface area contributed by atoms with Crippen molar-refractivity contribution in [3.8, 4) is 0 Å². The molecule has 2 rings (SSSR count). The molecule has 0 saturated heterocycles. The molecule has 2 atom stereocenters. The van der Waals surface area contributed by atoms with E-state index in [4.69, 9.17) is 11.6 Å². The Labute approximate surface area is 89.8 Å². The van der Waals surface area contributed by atoms with Crippen molar-refractivity contribution in [1.82, 2.24) is 0 Å². The van der Waals surface area contributed by atoms with Crippen molar-refractivity contribution in [3.63, 3.8) is 0 Å². The summed E-state index contributed by atoms with van der Waals surface area (Å²) in [5.41, 5.74) is 2.23. The fraction of sp³-hybridized carbons (Fsp3) is 0.333.